The van der Waals surface area contributed by atoms with Gasteiger partial charge in [0.1, 0.15) is 12.6 Å². The average molecular weight is 488 g/mol. The van der Waals surface area contributed by atoms with Crippen molar-refractivity contribution in [3.63, 3.8) is 0 Å². The Bertz CT molecular complexity index is 1230. The second kappa shape index (κ2) is 12.0. The number of anilines is 1. The summed E-state index contributed by atoms with van der Waals surface area (Å²) in [7, 11) is 0. The minimum atomic E-state index is -0.838. The van der Waals surface area contributed by atoms with E-state index in [-0.39, 0.29) is 25.1 Å². The Kier molecular flexibility index (Phi) is 8.85. The second-order valence-corrected chi connectivity index (χ2v) is 9.32. The van der Waals surface area contributed by atoms with Crippen LogP contribution in [0.1, 0.15) is 56.1 Å². The first kappa shape index (κ1) is 26.5. The highest BCUT2D eigenvalue weighted by molar-refractivity contribution is 5.95. The standard InChI is InChI=1S/C28H33N5O3/c1-19(2)26(27(34)36-18-22-10-7-6-8-11-22)31-28(35)32(17-24-13-9-12-23(14-24)15-29)25-16-30-33(20(3)4)21(25)5/h6-14,16,19-20,26H,17-18H2,1-5H3,(H,31,35). The molecule has 0 fully saturated rings. The Hall–Kier alpha value is -4.12. The molecule has 36 heavy (non-hydrogen) atoms. The van der Waals surface area contributed by atoms with E-state index in [4.69, 9.17) is 4.74 Å². The van der Waals surface area contributed by atoms with Gasteiger partial charge in [-0.15, -0.1) is 0 Å². The van der Waals surface area contributed by atoms with Crippen LogP contribution < -0.4 is 10.2 Å². The number of esters is 1. The fraction of sp³-hybridized carbons (Fsp3) is 0.357. The van der Waals surface area contributed by atoms with Crippen LogP contribution >= 0.6 is 0 Å². The van der Waals surface area contributed by atoms with Crippen LogP contribution in [0.25, 0.3) is 0 Å². The number of ether oxygens (including phenoxy) is 1. The second-order valence-electron chi connectivity index (χ2n) is 9.32. The molecule has 3 rings (SSSR count). The van der Waals surface area contributed by atoms with Crippen molar-refractivity contribution in [3.05, 3.63) is 83.2 Å². The molecule has 8 nitrogen and oxygen atoms in total. The van der Waals surface area contributed by atoms with Crippen molar-refractivity contribution >= 4 is 17.7 Å². The van der Waals surface area contributed by atoms with Gasteiger partial charge in [0.2, 0.25) is 0 Å². The summed E-state index contributed by atoms with van der Waals surface area (Å²) < 4.78 is 7.36. The number of urea groups is 1. The maximum atomic E-state index is 13.6. The molecule has 2 aromatic carbocycles. The largest absolute Gasteiger partial charge is 0.459 e. The number of nitrogens with zero attached hydrogens (tertiary/aromatic N) is 4. The molecule has 0 saturated heterocycles. The molecule has 0 aliphatic heterocycles. The lowest BCUT2D eigenvalue weighted by molar-refractivity contribution is -0.148. The lowest BCUT2D eigenvalue weighted by atomic mass is 10.0. The molecule has 0 spiro atoms. The van der Waals surface area contributed by atoms with Gasteiger partial charge in [0.05, 0.1) is 35.8 Å². The number of aromatic nitrogens is 2. The predicted molar refractivity (Wildman–Crippen MR) is 138 cm³/mol. The Morgan fingerprint density at radius 1 is 1.08 bits per heavy atom. The SMILES string of the molecule is Cc1c(N(Cc2cccc(C#N)c2)C(=O)NC(C(=O)OCc2ccccc2)C(C)C)cnn1C(C)C. The first-order valence-electron chi connectivity index (χ1n) is 12.0. The average Bonchev–Trinajstić information content (AvgIpc) is 3.25. The van der Waals surface area contributed by atoms with Gasteiger partial charge in [0.25, 0.3) is 0 Å². The number of rotatable bonds is 9. The van der Waals surface area contributed by atoms with Gasteiger partial charge in [0, 0.05) is 6.04 Å². The number of amides is 2. The highest BCUT2D eigenvalue weighted by Crippen LogP contribution is 2.25. The third-order valence-corrected chi connectivity index (χ3v) is 5.86. The molecule has 0 aliphatic carbocycles. The molecule has 1 heterocycles. The van der Waals surface area contributed by atoms with E-state index in [2.05, 4.69) is 16.5 Å². The summed E-state index contributed by atoms with van der Waals surface area (Å²) in [6.45, 7) is 9.99. The van der Waals surface area contributed by atoms with Crippen molar-refractivity contribution in [1.29, 1.82) is 5.26 Å². The topological polar surface area (TPSA) is 100 Å². The molecule has 8 heteroatoms. The highest BCUT2D eigenvalue weighted by Gasteiger charge is 2.30. The van der Waals surface area contributed by atoms with E-state index in [9.17, 15) is 14.9 Å². The summed E-state index contributed by atoms with van der Waals surface area (Å²) >= 11 is 0. The smallest absolute Gasteiger partial charge is 0.329 e. The molecule has 1 unspecified atom stereocenters. The van der Waals surface area contributed by atoms with Crippen molar-refractivity contribution in [2.75, 3.05) is 4.90 Å². The monoisotopic (exact) mass is 487 g/mol. The van der Waals surface area contributed by atoms with Gasteiger partial charge >= 0.3 is 12.0 Å². The van der Waals surface area contributed by atoms with Gasteiger partial charge in [-0.1, -0.05) is 56.3 Å². The van der Waals surface area contributed by atoms with E-state index in [0.29, 0.717) is 11.3 Å². The van der Waals surface area contributed by atoms with Gasteiger partial charge in [-0.05, 0) is 49.9 Å². The summed E-state index contributed by atoms with van der Waals surface area (Å²) in [4.78, 5) is 28.1. The summed E-state index contributed by atoms with van der Waals surface area (Å²) in [5.41, 5.74) is 3.61. The molecule has 1 N–H and O–H groups in total. The van der Waals surface area contributed by atoms with E-state index in [1.54, 1.807) is 29.3 Å². The van der Waals surface area contributed by atoms with Gasteiger partial charge in [-0.25, -0.2) is 9.59 Å². The zero-order chi connectivity index (χ0) is 26.2. The number of nitrogens with one attached hydrogen (secondary N) is 1. The fourth-order valence-electron chi connectivity index (χ4n) is 3.92. The van der Waals surface area contributed by atoms with Gasteiger partial charge in [-0.2, -0.15) is 10.4 Å². The quantitative estimate of drug-likeness (QED) is 0.422. The molecule has 0 radical (unpaired) electrons. The summed E-state index contributed by atoms with van der Waals surface area (Å²) in [6, 6.07) is 17.5. The van der Waals surface area contributed by atoms with Crippen molar-refractivity contribution in [3.8, 4) is 6.07 Å². The molecular formula is C28H33N5O3. The van der Waals surface area contributed by atoms with Crippen LogP contribution in [0.3, 0.4) is 0 Å². The predicted octanol–water partition coefficient (Wildman–Crippen LogP) is 5.13. The van der Waals surface area contributed by atoms with Crippen LogP contribution in [0.5, 0.6) is 0 Å². The first-order valence-corrected chi connectivity index (χ1v) is 12.0. The van der Waals surface area contributed by atoms with Crippen LogP contribution in [0.15, 0.2) is 60.8 Å². The van der Waals surface area contributed by atoms with Crippen LogP contribution in [0.4, 0.5) is 10.5 Å². The number of nitriles is 1. The van der Waals surface area contributed by atoms with Gasteiger partial charge in [-0.3, -0.25) is 9.58 Å². The van der Waals surface area contributed by atoms with Gasteiger partial charge in [0.15, 0.2) is 0 Å². The van der Waals surface area contributed by atoms with Crippen molar-refractivity contribution < 1.29 is 14.3 Å². The zero-order valence-electron chi connectivity index (χ0n) is 21.4. The number of carbonyl (C=O) groups is 2. The van der Waals surface area contributed by atoms with Crippen molar-refractivity contribution in [2.45, 2.75) is 59.9 Å². The van der Waals surface area contributed by atoms with Crippen LogP contribution in [-0.4, -0.2) is 27.8 Å². The Morgan fingerprint density at radius 3 is 2.39 bits per heavy atom. The summed E-state index contributed by atoms with van der Waals surface area (Å²) in [5, 5.41) is 16.6. The van der Waals surface area contributed by atoms with E-state index in [0.717, 1.165) is 16.8 Å². The zero-order valence-corrected chi connectivity index (χ0v) is 21.4. The van der Waals surface area contributed by atoms with Crippen LogP contribution in [0.2, 0.25) is 0 Å². The Balaban J connectivity index is 1.86. The normalized spacial score (nSPS) is 11.7. The minimum Gasteiger partial charge on any atom is -0.459 e. The molecule has 0 bridgehead atoms. The molecule has 1 atom stereocenters. The van der Waals surface area contributed by atoms with Crippen LogP contribution in [0, 0.1) is 24.2 Å². The fourth-order valence-corrected chi connectivity index (χ4v) is 3.92. The van der Waals surface area contributed by atoms with Crippen LogP contribution in [-0.2, 0) is 22.7 Å². The number of hydrogen-bond donors (Lipinski definition) is 1. The highest BCUT2D eigenvalue weighted by atomic mass is 16.5. The Labute approximate surface area is 212 Å². The molecule has 188 valence electrons. The molecule has 1 aromatic heterocycles. The van der Waals surface area contributed by atoms with Gasteiger partial charge < -0.3 is 10.1 Å². The van der Waals surface area contributed by atoms with E-state index in [1.807, 2.05) is 75.7 Å². The molecule has 2 amide bonds. The molecule has 3 aromatic rings. The Morgan fingerprint density at radius 2 is 1.78 bits per heavy atom. The number of benzene rings is 2. The number of hydrogen-bond acceptors (Lipinski definition) is 5. The van der Waals surface area contributed by atoms with E-state index in [1.165, 1.54) is 0 Å². The lowest BCUT2D eigenvalue weighted by Gasteiger charge is -2.27. The lowest BCUT2D eigenvalue weighted by Crippen LogP contribution is -2.50. The van der Waals surface area contributed by atoms with E-state index >= 15 is 0 Å². The van der Waals surface area contributed by atoms with Crippen molar-refractivity contribution in [2.24, 2.45) is 5.92 Å². The maximum absolute atomic E-state index is 13.6. The summed E-state index contributed by atoms with van der Waals surface area (Å²) in [6.07, 6.45) is 1.65. The third-order valence-electron chi connectivity index (χ3n) is 5.86. The molecule has 0 aliphatic rings. The maximum Gasteiger partial charge on any atom is 0.329 e. The number of carbonyl (C=O) groups excluding carboxylic acids is 2. The first-order chi connectivity index (χ1) is 17.2. The molecule has 0 saturated carbocycles. The van der Waals surface area contributed by atoms with Crippen molar-refractivity contribution in [1.82, 2.24) is 15.1 Å². The summed E-state index contributed by atoms with van der Waals surface area (Å²) in [5.74, 6) is -0.691. The minimum absolute atomic E-state index is 0.113. The van der Waals surface area contributed by atoms with E-state index < -0.39 is 18.0 Å². The molecular weight excluding hydrogens is 454 g/mol. The third kappa shape index (κ3) is 6.51.